The molecule has 0 atom stereocenters. The third kappa shape index (κ3) is 3.44. The Bertz CT molecular complexity index is 677. The fourth-order valence-electron chi connectivity index (χ4n) is 1.75. The minimum absolute atomic E-state index is 0.0593. The zero-order valence-electron chi connectivity index (χ0n) is 11.3. The van der Waals surface area contributed by atoms with Gasteiger partial charge in [0, 0.05) is 18.3 Å². The van der Waals surface area contributed by atoms with E-state index in [2.05, 4.69) is 5.32 Å². The number of amides is 1. The molecule has 0 fully saturated rings. The zero-order valence-corrected chi connectivity index (χ0v) is 12.1. The van der Waals surface area contributed by atoms with E-state index in [1.165, 1.54) is 24.3 Å². The van der Waals surface area contributed by atoms with Gasteiger partial charge in [0.25, 0.3) is 5.91 Å². The van der Waals surface area contributed by atoms with Gasteiger partial charge in [0.05, 0.1) is 10.6 Å². The molecule has 0 bridgehead atoms. The SMILES string of the molecule is CCNC(=O)c1ccc(N)cc1Oc1cccc(Cl)c1F. The highest BCUT2D eigenvalue weighted by Crippen LogP contribution is 2.31. The van der Waals surface area contributed by atoms with E-state index in [9.17, 15) is 9.18 Å². The molecule has 2 rings (SSSR count). The Balaban J connectivity index is 2.41. The molecule has 0 aromatic heterocycles. The van der Waals surface area contributed by atoms with Crippen LogP contribution in [0.3, 0.4) is 0 Å². The first kappa shape index (κ1) is 15.1. The minimum Gasteiger partial charge on any atom is -0.453 e. The molecule has 2 aromatic carbocycles. The first-order chi connectivity index (χ1) is 10.0. The highest BCUT2D eigenvalue weighted by atomic mass is 35.5. The topological polar surface area (TPSA) is 64.4 Å². The maximum atomic E-state index is 13.9. The quantitative estimate of drug-likeness (QED) is 0.848. The van der Waals surface area contributed by atoms with Gasteiger partial charge in [-0.25, -0.2) is 4.39 Å². The lowest BCUT2D eigenvalue weighted by Crippen LogP contribution is -2.23. The minimum atomic E-state index is -0.691. The van der Waals surface area contributed by atoms with Gasteiger partial charge >= 0.3 is 0 Å². The van der Waals surface area contributed by atoms with Crippen molar-refractivity contribution < 1.29 is 13.9 Å². The molecule has 1 amide bonds. The molecule has 0 aliphatic rings. The van der Waals surface area contributed by atoms with Crippen LogP contribution in [0.5, 0.6) is 11.5 Å². The summed E-state index contributed by atoms with van der Waals surface area (Å²) in [6, 6.07) is 8.95. The number of halogens is 2. The summed E-state index contributed by atoms with van der Waals surface area (Å²) >= 11 is 5.70. The van der Waals surface area contributed by atoms with Crippen LogP contribution in [-0.4, -0.2) is 12.5 Å². The molecule has 21 heavy (non-hydrogen) atoms. The monoisotopic (exact) mass is 308 g/mol. The normalized spacial score (nSPS) is 10.2. The maximum absolute atomic E-state index is 13.9. The van der Waals surface area contributed by atoms with Crippen LogP contribution in [-0.2, 0) is 0 Å². The Labute approximate surface area is 126 Å². The van der Waals surface area contributed by atoms with Gasteiger partial charge in [0.1, 0.15) is 5.75 Å². The first-order valence-corrected chi connectivity index (χ1v) is 6.70. The van der Waals surface area contributed by atoms with Crippen molar-refractivity contribution >= 4 is 23.2 Å². The van der Waals surface area contributed by atoms with Crippen molar-refractivity contribution in [1.29, 1.82) is 0 Å². The number of nitrogens with two attached hydrogens (primary N) is 1. The molecule has 0 spiro atoms. The van der Waals surface area contributed by atoms with Crippen LogP contribution in [0.25, 0.3) is 0 Å². The molecule has 0 saturated carbocycles. The summed E-state index contributed by atoms with van der Waals surface area (Å²) in [4.78, 5) is 12.0. The standard InChI is InChI=1S/C15H14ClFN2O2/c1-2-19-15(20)10-7-6-9(18)8-13(10)21-12-5-3-4-11(16)14(12)17/h3-8H,2,18H2,1H3,(H,19,20). The van der Waals surface area contributed by atoms with E-state index < -0.39 is 5.82 Å². The molecule has 0 unspecified atom stereocenters. The summed E-state index contributed by atoms with van der Waals surface area (Å²) in [5, 5.41) is 2.59. The lowest BCUT2D eigenvalue weighted by Gasteiger charge is -2.12. The lowest BCUT2D eigenvalue weighted by atomic mass is 10.1. The number of carbonyl (C=O) groups excluding carboxylic acids is 1. The second kappa shape index (κ2) is 6.45. The summed E-state index contributed by atoms with van der Waals surface area (Å²) < 4.78 is 19.3. The summed E-state index contributed by atoms with van der Waals surface area (Å²) in [5.74, 6) is -0.917. The smallest absolute Gasteiger partial charge is 0.255 e. The fraction of sp³-hybridized carbons (Fsp3) is 0.133. The van der Waals surface area contributed by atoms with Crippen molar-refractivity contribution in [2.75, 3.05) is 12.3 Å². The van der Waals surface area contributed by atoms with E-state index in [-0.39, 0.29) is 28.0 Å². The Morgan fingerprint density at radius 2 is 2.10 bits per heavy atom. The molecule has 3 N–H and O–H groups in total. The number of hydrogen-bond donors (Lipinski definition) is 2. The van der Waals surface area contributed by atoms with Crippen LogP contribution in [0.4, 0.5) is 10.1 Å². The van der Waals surface area contributed by atoms with Gasteiger partial charge in [0.15, 0.2) is 11.6 Å². The van der Waals surface area contributed by atoms with E-state index in [4.69, 9.17) is 22.1 Å². The molecular weight excluding hydrogens is 295 g/mol. The van der Waals surface area contributed by atoms with Gasteiger partial charge in [-0.3, -0.25) is 4.79 Å². The van der Waals surface area contributed by atoms with Crippen LogP contribution in [0.15, 0.2) is 36.4 Å². The Morgan fingerprint density at radius 3 is 2.81 bits per heavy atom. The number of ether oxygens (including phenoxy) is 1. The van der Waals surface area contributed by atoms with E-state index in [1.807, 2.05) is 0 Å². The predicted octanol–water partition coefficient (Wildman–Crippen LogP) is 3.60. The van der Waals surface area contributed by atoms with E-state index in [0.717, 1.165) is 0 Å². The average molecular weight is 309 g/mol. The molecule has 0 saturated heterocycles. The second-order valence-electron chi connectivity index (χ2n) is 4.27. The molecule has 2 aromatic rings. The van der Waals surface area contributed by atoms with Crippen LogP contribution < -0.4 is 15.8 Å². The zero-order chi connectivity index (χ0) is 15.4. The number of nitrogen functional groups attached to an aromatic ring is 1. The number of anilines is 1. The number of carbonyl (C=O) groups is 1. The third-order valence-corrected chi connectivity index (χ3v) is 3.02. The van der Waals surface area contributed by atoms with Gasteiger partial charge in [0.2, 0.25) is 0 Å². The number of hydrogen-bond acceptors (Lipinski definition) is 3. The summed E-state index contributed by atoms with van der Waals surface area (Å²) in [7, 11) is 0. The molecule has 0 radical (unpaired) electrons. The highest BCUT2D eigenvalue weighted by Gasteiger charge is 2.15. The molecule has 110 valence electrons. The van der Waals surface area contributed by atoms with Gasteiger partial charge in [-0.15, -0.1) is 0 Å². The summed E-state index contributed by atoms with van der Waals surface area (Å²) in [6.07, 6.45) is 0. The van der Waals surface area contributed by atoms with Crippen LogP contribution in [0.1, 0.15) is 17.3 Å². The van der Waals surface area contributed by atoms with E-state index in [0.29, 0.717) is 12.2 Å². The Morgan fingerprint density at radius 1 is 1.33 bits per heavy atom. The lowest BCUT2D eigenvalue weighted by molar-refractivity contribution is 0.0953. The maximum Gasteiger partial charge on any atom is 0.255 e. The van der Waals surface area contributed by atoms with Crippen LogP contribution in [0, 0.1) is 5.82 Å². The van der Waals surface area contributed by atoms with E-state index >= 15 is 0 Å². The van der Waals surface area contributed by atoms with Crippen molar-refractivity contribution in [1.82, 2.24) is 5.32 Å². The largest absolute Gasteiger partial charge is 0.453 e. The van der Waals surface area contributed by atoms with Gasteiger partial charge < -0.3 is 15.8 Å². The van der Waals surface area contributed by atoms with Crippen molar-refractivity contribution in [2.24, 2.45) is 0 Å². The molecule has 0 aliphatic carbocycles. The van der Waals surface area contributed by atoms with Crippen molar-refractivity contribution in [3.63, 3.8) is 0 Å². The van der Waals surface area contributed by atoms with Crippen molar-refractivity contribution in [3.8, 4) is 11.5 Å². The first-order valence-electron chi connectivity index (χ1n) is 6.32. The van der Waals surface area contributed by atoms with Crippen LogP contribution >= 0.6 is 11.6 Å². The summed E-state index contributed by atoms with van der Waals surface area (Å²) in [5.41, 5.74) is 6.36. The molecular formula is C15H14ClFN2O2. The number of benzene rings is 2. The predicted molar refractivity (Wildman–Crippen MR) is 80.3 cm³/mol. The second-order valence-corrected chi connectivity index (χ2v) is 4.68. The molecule has 0 heterocycles. The van der Waals surface area contributed by atoms with Crippen molar-refractivity contribution in [2.45, 2.75) is 6.92 Å². The Kier molecular flexibility index (Phi) is 4.65. The third-order valence-electron chi connectivity index (χ3n) is 2.72. The summed E-state index contributed by atoms with van der Waals surface area (Å²) in [6.45, 7) is 2.26. The van der Waals surface area contributed by atoms with Gasteiger partial charge in [-0.05, 0) is 31.2 Å². The van der Waals surface area contributed by atoms with Crippen molar-refractivity contribution in [3.05, 3.63) is 52.8 Å². The number of nitrogens with one attached hydrogen (secondary N) is 1. The van der Waals surface area contributed by atoms with Crippen LogP contribution in [0.2, 0.25) is 5.02 Å². The molecule has 0 aliphatic heterocycles. The molecule has 6 heteroatoms. The fourth-order valence-corrected chi connectivity index (χ4v) is 1.91. The average Bonchev–Trinajstić information content (AvgIpc) is 2.44. The molecule has 4 nitrogen and oxygen atoms in total. The highest BCUT2D eigenvalue weighted by molar-refractivity contribution is 6.30. The number of rotatable bonds is 4. The van der Waals surface area contributed by atoms with Gasteiger partial charge in [-0.1, -0.05) is 17.7 Å². The van der Waals surface area contributed by atoms with Gasteiger partial charge in [-0.2, -0.15) is 0 Å². The Hall–Kier alpha value is -2.27. The van der Waals surface area contributed by atoms with E-state index in [1.54, 1.807) is 19.1 Å².